The monoisotopic (exact) mass is 371 g/mol. The van der Waals surface area contributed by atoms with E-state index in [4.69, 9.17) is 0 Å². The smallest absolute Gasteiger partial charge is 0.193 e. The van der Waals surface area contributed by atoms with Crippen LogP contribution in [0.3, 0.4) is 0 Å². The number of nitrogens with zero attached hydrogens (tertiary/aromatic N) is 4. The SMILES string of the molecule is CN=C(NCCc1ccc(N(C)C)cc1)N1CCN(c2cccs2)CC1. The fourth-order valence-corrected chi connectivity index (χ4v) is 3.99. The molecule has 0 amide bonds. The quantitative estimate of drug-likeness (QED) is 0.647. The average Bonchev–Trinajstić information content (AvgIpc) is 3.21. The van der Waals surface area contributed by atoms with Gasteiger partial charge < -0.3 is 20.0 Å². The van der Waals surface area contributed by atoms with Crippen molar-refractivity contribution in [3.8, 4) is 0 Å². The summed E-state index contributed by atoms with van der Waals surface area (Å²) in [6.45, 7) is 5.02. The topological polar surface area (TPSA) is 34.1 Å². The molecule has 26 heavy (non-hydrogen) atoms. The van der Waals surface area contributed by atoms with Crippen LogP contribution in [0.1, 0.15) is 5.56 Å². The van der Waals surface area contributed by atoms with Gasteiger partial charge >= 0.3 is 0 Å². The molecule has 1 aromatic heterocycles. The molecule has 1 aromatic carbocycles. The zero-order valence-corrected chi connectivity index (χ0v) is 16.8. The van der Waals surface area contributed by atoms with Gasteiger partial charge in [-0.1, -0.05) is 12.1 Å². The molecular weight excluding hydrogens is 342 g/mol. The lowest BCUT2D eigenvalue weighted by atomic mass is 10.1. The second-order valence-corrected chi connectivity index (χ2v) is 7.64. The number of hydrogen-bond acceptors (Lipinski definition) is 4. The second-order valence-electron chi connectivity index (χ2n) is 6.71. The number of guanidine groups is 1. The standard InChI is InChI=1S/C20H29N5S/c1-21-20(22-11-10-17-6-8-18(9-7-17)23(2)3)25-14-12-24(13-15-25)19-5-4-16-26-19/h4-9,16H,10-15H2,1-3H3,(H,21,22). The Kier molecular flexibility index (Phi) is 6.39. The minimum atomic E-state index is 0.902. The first-order chi connectivity index (χ1) is 12.7. The van der Waals surface area contributed by atoms with Gasteiger partial charge in [-0.2, -0.15) is 0 Å². The fraction of sp³-hybridized carbons (Fsp3) is 0.450. The highest BCUT2D eigenvalue weighted by Gasteiger charge is 2.20. The third kappa shape index (κ3) is 4.69. The molecule has 0 saturated carbocycles. The summed E-state index contributed by atoms with van der Waals surface area (Å²) in [5.41, 5.74) is 2.59. The number of piperazine rings is 1. The van der Waals surface area contributed by atoms with Crippen molar-refractivity contribution in [2.45, 2.75) is 6.42 Å². The van der Waals surface area contributed by atoms with Crippen molar-refractivity contribution >= 4 is 28.0 Å². The van der Waals surface area contributed by atoms with Crippen molar-refractivity contribution in [3.63, 3.8) is 0 Å². The van der Waals surface area contributed by atoms with Gasteiger partial charge in [0.15, 0.2) is 5.96 Å². The predicted molar refractivity (Wildman–Crippen MR) is 114 cm³/mol. The van der Waals surface area contributed by atoms with E-state index in [1.807, 2.05) is 18.4 Å². The van der Waals surface area contributed by atoms with Crippen molar-refractivity contribution < 1.29 is 0 Å². The molecule has 6 heteroatoms. The normalized spacial score (nSPS) is 15.3. The molecule has 140 valence electrons. The van der Waals surface area contributed by atoms with Gasteiger partial charge in [-0.25, -0.2) is 0 Å². The maximum Gasteiger partial charge on any atom is 0.193 e. The number of aliphatic imine (C=N–C) groups is 1. The van der Waals surface area contributed by atoms with Gasteiger partial charge in [0, 0.05) is 59.6 Å². The van der Waals surface area contributed by atoms with Gasteiger partial charge in [-0.05, 0) is 41.6 Å². The van der Waals surface area contributed by atoms with Crippen molar-refractivity contribution in [2.75, 3.05) is 63.7 Å². The average molecular weight is 372 g/mol. The Balaban J connectivity index is 1.45. The van der Waals surface area contributed by atoms with Crippen LogP contribution in [0.2, 0.25) is 0 Å². The van der Waals surface area contributed by atoms with Crippen LogP contribution < -0.4 is 15.1 Å². The minimum Gasteiger partial charge on any atom is -0.378 e. The first-order valence-corrected chi connectivity index (χ1v) is 10.1. The third-order valence-electron chi connectivity index (χ3n) is 4.76. The Labute approximate surface area is 160 Å². The van der Waals surface area contributed by atoms with E-state index in [0.717, 1.165) is 45.1 Å². The lowest BCUT2D eigenvalue weighted by Crippen LogP contribution is -2.52. The highest BCUT2D eigenvalue weighted by Crippen LogP contribution is 2.22. The van der Waals surface area contributed by atoms with Crippen molar-refractivity contribution in [1.82, 2.24) is 10.2 Å². The zero-order valence-electron chi connectivity index (χ0n) is 16.0. The van der Waals surface area contributed by atoms with Gasteiger partial charge in [0.25, 0.3) is 0 Å². The highest BCUT2D eigenvalue weighted by atomic mass is 32.1. The van der Waals surface area contributed by atoms with Gasteiger partial charge in [-0.3, -0.25) is 4.99 Å². The maximum absolute atomic E-state index is 4.48. The zero-order chi connectivity index (χ0) is 18.4. The second kappa shape index (κ2) is 8.94. The Hall–Kier alpha value is -2.21. The molecule has 0 atom stereocenters. The number of benzene rings is 1. The molecule has 0 unspecified atom stereocenters. The first kappa shape index (κ1) is 18.6. The number of thiophene rings is 1. The Morgan fingerprint density at radius 3 is 2.42 bits per heavy atom. The van der Waals surface area contributed by atoms with Gasteiger partial charge in [0.05, 0.1) is 5.00 Å². The van der Waals surface area contributed by atoms with Gasteiger partial charge in [0.2, 0.25) is 0 Å². The van der Waals surface area contributed by atoms with Crippen molar-refractivity contribution in [3.05, 3.63) is 47.3 Å². The van der Waals surface area contributed by atoms with E-state index < -0.39 is 0 Å². The van der Waals surface area contributed by atoms with Crippen LogP contribution in [0, 0.1) is 0 Å². The van der Waals surface area contributed by atoms with E-state index in [1.165, 1.54) is 16.3 Å². The van der Waals surface area contributed by atoms with E-state index in [-0.39, 0.29) is 0 Å². The van der Waals surface area contributed by atoms with Gasteiger partial charge in [0.1, 0.15) is 0 Å². The van der Waals surface area contributed by atoms with Gasteiger partial charge in [-0.15, -0.1) is 11.3 Å². The molecule has 2 heterocycles. The summed E-state index contributed by atoms with van der Waals surface area (Å²) >= 11 is 1.82. The molecule has 1 aliphatic rings. The van der Waals surface area contributed by atoms with E-state index in [0.29, 0.717) is 0 Å². The summed E-state index contributed by atoms with van der Waals surface area (Å²) in [7, 11) is 6.01. The lowest BCUT2D eigenvalue weighted by Gasteiger charge is -2.37. The lowest BCUT2D eigenvalue weighted by molar-refractivity contribution is 0.374. The van der Waals surface area contributed by atoms with E-state index in [9.17, 15) is 0 Å². The maximum atomic E-state index is 4.48. The van der Waals surface area contributed by atoms with Crippen LogP contribution in [0.15, 0.2) is 46.8 Å². The molecule has 3 rings (SSSR count). The fourth-order valence-electron chi connectivity index (χ4n) is 3.20. The molecule has 5 nitrogen and oxygen atoms in total. The Bertz CT molecular complexity index is 686. The summed E-state index contributed by atoms with van der Waals surface area (Å²) in [5, 5.41) is 7.04. The molecule has 1 N–H and O–H groups in total. The molecule has 0 spiro atoms. The molecule has 2 aromatic rings. The van der Waals surface area contributed by atoms with Crippen LogP contribution in [-0.2, 0) is 6.42 Å². The number of rotatable bonds is 5. The predicted octanol–water partition coefficient (Wildman–Crippen LogP) is 2.75. The third-order valence-corrected chi connectivity index (χ3v) is 5.69. The summed E-state index contributed by atoms with van der Waals surface area (Å²) in [6.07, 6.45) is 1.00. The Morgan fingerprint density at radius 1 is 1.12 bits per heavy atom. The van der Waals surface area contributed by atoms with Crippen LogP contribution in [0.5, 0.6) is 0 Å². The summed E-state index contributed by atoms with van der Waals surface area (Å²) < 4.78 is 0. The summed E-state index contributed by atoms with van der Waals surface area (Å²) in [4.78, 5) is 11.4. The Morgan fingerprint density at radius 2 is 1.85 bits per heavy atom. The van der Waals surface area contributed by atoms with Crippen LogP contribution in [-0.4, -0.2) is 64.7 Å². The summed E-state index contributed by atoms with van der Waals surface area (Å²) in [6, 6.07) is 13.1. The van der Waals surface area contributed by atoms with Crippen LogP contribution in [0.25, 0.3) is 0 Å². The molecule has 0 bridgehead atoms. The van der Waals surface area contributed by atoms with Crippen LogP contribution >= 0.6 is 11.3 Å². The molecular formula is C20H29N5S. The number of nitrogens with one attached hydrogen (secondary N) is 1. The molecule has 0 aliphatic carbocycles. The van der Waals surface area contributed by atoms with Crippen LogP contribution in [0.4, 0.5) is 10.7 Å². The highest BCUT2D eigenvalue weighted by molar-refractivity contribution is 7.14. The largest absolute Gasteiger partial charge is 0.378 e. The molecule has 1 saturated heterocycles. The molecule has 0 radical (unpaired) electrons. The number of hydrogen-bond donors (Lipinski definition) is 1. The molecule has 1 aliphatic heterocycles. The molecule has 1 fully saturated rings. The van der Waals surface area contributed by atoms with Crippen molar-refractivity contribution in [2.24, 2.45) is 4.99 Å². The van der Waals surface area contributed by atoms with E-state index in [1.54, 1.807) is 0 Å². The minimum absolute atomic E-state index is 0.902. The van der Waals surface area contributed by atoms with Crippen molar-refractivity contribution in [1.29, 1.82) is 0 Å². The number of anilines is 2. The summed E-state index contributed by atoms with van der Waals surface area (Å²) in [5.74, 6) is 1.01. The first-order valence-electron chi connectivity index (χ1n) is 9.17. The van der Waals surface area contributed by atoms with E-state index in [2.05, 4.69) is 80.9 Å². The van der Waals surface area contributed by atoms with E-state index >= 15 is 0 Å².